The van der Waals surface area contributed by atoms with Crippen LogP contribution in [0, 0.1) is 20.8 Å². The molecule has 94 valence electrons. The molecule has 3 nitrogen and oxygen atoms in total. The third-order valence-electron chi connectivity index (χ3n) is 3.23. The molecule has 1 saturated carbocycles. The van der Waals surface area contributed by atoms with Crippen molar-refractivity contribution in [3.8, 4) is 6.07 Å². The molecule has 0 spiro atoms. The maximum Gasteiger partial charge on any atom is 0.117 e. The van der Waals surface area contributed by atoms with E-state index in [9.17, 15) is 0 Å². The second-order valence-corrected chi connectivity index (χ2v) is 5.72. The van der Waals surface area contributed by atoms with E-state index in [1.54, 1.807) is 0 Å². The summed E-state index contributed by atoms with van der Waals surface area (Å²) in [4.78, 5) is 4.38. The summed E-state index contributed by atoms with van der Waals surface area (Å²) in [5, 5.41) is 12.3. The van der Waals surface area contributed by atoms with Gasteiger partial charge in [0.25, 0.3) is 0 Å². The number of hydrogen-bond acceptors (Lipinski definition) is 3. The number of halogens is 1. The summed E-state index contributed by atoms with van der Waals surface area (Å²) in [5.74, 6) is 0.397. The number of anilines is 1. The number of benzene rings is 1. The van der Waals surface area contributed by atoms with E-state index in [0.717, 1.165) is 18.5 Å². The van der Waals surface area contributed by atoms with Crippen LogP contribution in [0.5, 0.6) is 0 Å². The van der Waals surface area contributed by atoms with Crippen molar-refractivity contribution in [2.75, 3.05) is 12.0 Å². The van der Waals surface area contributed by atoms with Gasteiger partial charge in [0.05, 0.1) is 0 Å². The number of hydrogen-bond donors (Lipinski definition) is 1. The van der Waals surface area contributed by atoms with Crippen LogP contribution in [0.15, 0.2) is 29.3 Å². The Hall–Kier alpha value is -1.09. The molecule has 0 aliphatic heterocycles. The van der Waals surface area contributed by atoms with Gasteiger partial charge in [-0.3, -0.25) is 4.99 Å². The fourth-order valence-electron chi connectivity index (χ4n) is 2.24. The topological polar surface area (TPSA) is 48.2 Å². The van der Waals surface area contributed by atoms with Gasteiger partial charge in [-0.25, -0.2) is 0 Å². The number of nitrogens with zero attached hydrogens (tertiary/aromatic N) is 2. The summed E-state index contributed by atoms with van der Waals surface area (Å²) in [6.07, 6.45) is 4.71. The molecule has 0 bridgehead atoms. The SMILES string of the molecule is N#C/C(=N\CNc1ccc(I)cc1)C1CCCC1. The molecule has 0 saturated heterocycles. The van der Waals surface area contributed by atoms with Gasteiger partial charge in [0.1, 0.15) is 18.4 Å². The van der Waals surface area contributed by atoms with Crippen molar-refractivity contribution < 1.29 is 0 Å². The molecule has 0 radical (unpaired) electrons. The van der Waals surface area contributed by atoms with Crippen LogP contribution in [0.3, 0.4) is 0 Å². The highest BCUT2D eigenvalue weighted by Crippen LogP contribution is 2.25. The van der Waals surface area contributed by atoms with Crippen LogP contribution in [0.25, 0.3) is 0 Å². The maximum absolute atomic E-state index is 9.11. The van der Waals surface area contributed by atoms with Gasteiger partial charge in [-0.15, -0.1) is 0 Å². The molecule has 2 rings (SSSR count). The number of nitrogens with one attached hydrogen (secondary N) is 1. The highest BCUT2D eigenvalue weighted by atomic mass is 127. The van der Waals surface area contributed by atoms with Crippen LogP contribution in [0.1, 0.15) is 25.7 Å². The zero-order valence-corrected chi connectivity index (χ0v) is 12.4. The fraction of sp³-hybridized carbons (Fsp3) is 0.429. The van der Waals surface area contributed by atoms with Gasteiger partial charge in [0, 0.05) is 15.2 Å². The molecule has 0 atom stereocenters. The average molecular weight is 353 g/mol. The molecular formula is C14H16IN3. The lowest BCUT2D eigenvalue weighted by atomic mass is 10.0. The van der Waals surface area contributed by atoms with Crippen molar-refractivity contribution in [3.63, 3.8) is 0 Å². The summed E-state index contributed by atoms with van der Waals surface area (Å²) in [5.41, 5.74) is 1.76. The summed E-state index contributed by atoms with van der Waals surface area (Å²) in [7, 11) is 0. The van der Waals surface area contributed by atoms with Crippen molar-refractivity contribution in [2.45, 2.75) is 25.7 Å². The largest absolute Gasteiger partial charge is 0.366 e. The second-order valence-electron chi connectivity index (χ2n) is 4.48. The zero-order valence-electron chi connectivity index (χ0n) is 10.2. The predicted molar refractivity (Wildman–Crippen MR) is 82.7 cm³/mol. The van der Waals surface area contributed by atoms with Gasteiger partial charge in [-0.05, 0) is 59.7 Å². The van der Waals surface area contributed by atoms with Gasteiger partial charge < -0.3 is 5.32 Å². The van der Waals surface area contributed by atoms with Crippen molar-refractivity contribution in [2.24, 2.45) is 10.9 Å². The molecule has 0 aromatic heterocycles. The van der Waals surface area contributed by atoms with E-state index in [0.29, 0.717) is 18.3 Å². The molecule has 1 aromatic rings. The lowest BCUT2D eigenvalue weighted by molar-refractivity contribution is 0.729. The third-order valence-corrected chi connectivity index (χ3v) is 3.95. The van der Waals surface area contributed by atoms with Crippen LogP contribution in [0.4, 0.5) is 5.69 Å². The Morgan fingerprint density at radius 3 is 2.61 bits per heavy atom. The van der Waals surface area contributed by atoms with Gasteiger partial charge in [0.15, 0.2) is 0 Å². The minimum atomic E-state index is 0.397. The number of aliphatic imine (C=N–C) groups is 1. The van der Waals surface area contributed by atoms with E-state index >= 15 is 0 Å². The average Bonchev–Trinajstić information content (AvgIpc) is 2.91. The minimum absolute atomic E-state index is 0.397. The fourth-order valence-corrected chi connectivity index (χ4v) is 2.60. The summed E-state index contributed by atoms with van der Waals surface area (Å²) < 4.78 is 1.21. The summed E-state index contributed by atoms with van der Waals surface area (Å²) in [6.45, 7) is 0.486. The van der Waals surface area contributed by atoms with Crippen LogP contribution in [-0.4, -0.2) is 12.4 Å². The lowest BCUT2D eigenvalue weighted by Crippen LogP contribution is -2.11. The van der Waals surface area contributed by atoms with E-state index in [2.05, 4.69) is 51.1 Å². The lowest BCUT2D eigenvalue weighted by Gasteiger charge is -2.07. The molecule has 4 heteroatoms. The Labute approximate surface area is 121 Å². The molecule has 1 aliphatic rings. The molecule has 0 unspecified atom stereocenters. The zero-order chi connectivity index (χ0) is 12.8. The van der Waals surface area contributed by atoms with E-state index in [-0.39, 0.29) is 0 Å². The first-order valence-corrected chi connectivity index (χ1v) is 7.31. The maximum atomic E-state index is 9.11. The summed E-state index contributed by atoms with van der Waals surface area (Å²) in [6, 6.07) is 10.4. The summed E-state index contributed by atoms with van der Waals surface area (Å²) >= 11 is 2.28. The monoisotopic (exact) mass is 353 g/mol. The van der Waals surface area contributed by atoms with Crippen LogP contribution in [-0.2, 0) is 0 Å². The Morgan fingerprint density at radius 1 is 1.33 bits per heavy atom. The Bertz CT molecular complexity index is 453. The standard InChI is InChI=1S/C14H16IN3/c15-12-5-7-13(8-6-12)17-10-18-14(9-16)11-3-1-2-4-11/h5-8,11,17H,1-4,10H2/b18-14+. The van der Waals surface area contributed by atoms with E-state index in [4.69, 9.17) is 5.26 Å². The van der Waals surface area contributed by atoms with Crippen LogP contribution < -0.4 is 5.32 Å². The van der Waals surface area contributed by atoms with Gasteiger partial charge in [-0.1, -0.05) is 12.8 Å². The molecule has 0 amide bonds. The highest BCUT2D eigenvalue weighted by molar-refractivity contribution is 14.1. The molecule has 1 aliphatic carbocycles. The van der Waals surface area contributed by atoms with Crippen LogP contribution in [0.2, 0.25) is 0 Å². The van der Waals surface area contributed by atoms with Gasteiger partial charge >= 0.3 is 0 Å². The molecular weight excluding hydrogens is 337 g/mol. The van der Waals surface area contributed by atoms with E-state index < -0.39 is 0 Å². The normalized spacial score (nSPS) is 16.6. The Balaban J connectivity index is 1.89. The van der Waals surface area contributed by atoms with Crippen molar-refractivity contribution in [1.29, 1.82) is 5.26 Å². The molecule has 18 heavy (non-hydrogen) atoms. The van der Waals surface area contributed by atoms with Crippen molar-refractivity contribution in [3.05, 3.63) is 27.8 Å². The molecule has 1 aromatic carbocycles. The van der Waals surface area contributed by atoms with Crippen LogP contribution >= 0.6 is 22.6 Å². The highest BCUT2D eigenvalue weighted by Gasteiger charge is 2.20. The predicted octanol–water partition coefficient (Wildman–Crippen LogP) is 3.82. The molecule has 1 N–H and O–H groups in total. The quantitative estimate of drug-likeness (QED) is 0.661. The Kier molecular flexibility index (Phi) is 5.00. The van der Waals surface area contributed by atoms with Gasteiger partial charge in [-0.2, -0.15) is 5.26 Å². The smallest absolute Gasteiger partial charge is 0.117 e. The first-order valence-electron chi connectivity index (χ1n) is 6.23. The number of nitriles is 1. The van der Waals surface area contributed by atoms with E-state index in [1.807, 2.05) is 12.1 Å². The first-order chi connectivity index (χ1) is 8.79. The Morgan fingerprint density at radius 2 is 2.00 bits per heavy atom. The van der Waals surface area contributed by atoms with Crippen molar-refractivity contribution in [1.82, 2.24) is 0 Å². The third kappa shape index (κ3) is 3.70. The minimum Gasteiger partial charge on any atom is -0.366 e. The number of rotatable bonds is 4. The molecule has 1 fully saturated rings. The van der Waals surface area contributed by atoms with Gasteiger partial charge in [0.2, 0.25) is 0 Å². The molecule has 0 heterocycles. The van der Waals surface area contributed by atoms with E-state index in [1.165, 1.54) is 16.4 Å². The second kappa shape index (κ2) is 6.74. The van der Waals surface area contributed by atoms with Crippen molar-refractivity contribution >= 4 is 34.0 Å². The first kappa shape index (κ1) is 13.3.